The minimum absolute atomic E-state index is 0.482. The average molecular weight is 288 g/mol. The fraction of sp³-hybridized carbons (Fsp3) is 0.273. The fourth-order valence-electron chi connectivity index (χ4n) is 3.62. The third-order valence-corrected chi connectivity index (χ3v) is 4.72. The second-order valence-electron chi connectivity index (χ2n) is 6.28. The molecule has 22 heavy (non-hydrogen) atoms. The Hall–Kier alpha value is -2.08. The van der Waals surface area contributed by atoms with Crippen LogP contribution in [0.3, 0.4) is 0 Å². The molecule has 2 unspecified atom stereocenters. The van der Waals surface area contributed by atoms with Gasteiger partial charge in [-0.05, 0) is 48.8 Å². The van der Waals surface area contributed by atoms with E-state index < -0.39 is 0 Å². The summed E-state index contributed by atoms with van der Waals surface area (Å²) in [5, 5.41) is 0. The van der Waals surface area contributed by atoms with E-state index >= 15 is 0 Å². The van der Waals surface area contributed by atoms with E-state index in [0.717, 1.165) is 6.42 Å². The second-order valence-corrected chi connectivity index (χ2v) is 6.28. The van der Waals surface area contributed by atoms with E-state index in [1.807, 2.05) is 0 Å². The molecule has 0 heteroatoms. The fourth-order valence-corrected chi connectivity index (χ4v) is 3.62. The number of benzene rings is 2. The molecule has 0 amide bonds. The summed E-state index contributed by atoms with van der Waals surface area (Å²) in [5.41, 5.74) is 5.61. The van der Waals surface area contributed by atoms with E-state index in [0.29, 0.717) is 11.8 Å². The molecule has 1 aliphatic rings. The first-order chi connectivity index (χ1) is 10.8. The average Bonchev–Trinajstić information content (AvgIpc) is 2.56. The standard InChI is InChI=1S/C22H24/c1-3-8-19-11-7-12-21(18-15-13-17(2)14-16-18)22(19)20-9-5-4-6-10-20/h3-6,9-10,12-16,19,22H,1,7-8,11H2,2H3. The van der Waals surface area contributed by atoms with Gasteiger partial charge < -0.3 is 0 Å². The molecule has 0 bridgehead atoms. The molecule has 0 aromatic heterocycles. The van der Waals surface area contributed by atoms with Crippen molar-refractivity contribution in [2.24, 2.45) is 5.92 Å². The highest BCUT2D eigenvalue weighted by molar-refractivity contribution is 5.73. The number of allylic oxidation sites excluding steroid dienone is 3. The van der Waals surface area contributed by atoms with Crippen LogP contribution < -0.4 is 0 Å². The highest BCUT2D eigenvalue weighted by atomic mass is 14.3. The van der Waals surface area contributed by atoms with E-state index in [9.17, 15) is 0 Å². The zero-order valence-corrected chi connectivity index (χ0v) is 13.3. The van der Waals surface area contributed by atoms with Crippen LogP contribution in [0.2, 0.25) is 0 Å². The molecule has 0 spiro atoms. The zero-order valence-electron chi connectivity index (χ0n) is 13.3. The summed E-state index contributed by atoms with van der Waals surface area (Å²) in [6, 6.07) is 19.9. The molecule has 0 aliphatic heterocycles. The van der Waals surface area contributed by atoms with Crippen molar-refractivity contribution in [2.75, 3.05) is 0 Å². The molecule has 112 valence electrons. The van der Waals surface area contributed by atoms with Crippen molar-refractivity contribution in [3.63, 3.8) is 0 Å². The van der Waals surface area contributed by atoms with Crippen molar-refractivity contribution in [3.05, 3.63) is 90.0 Å². The number of rotatable bonds is 4. The zero-order chi connectivity index (χ0) is 15.4. The predicted octanol–water partition coefficient (Wildman–Crippen LogP) is 6.15. The molecule has 0 radical (unpaired) electrons. The Morgan fingerprint density at radius 2 is 1.77 bits per heavy atom. The van der Waals surface area contributed by atoms with Gasteiger partial charge in [-0.2, -0.15) is 0 Å². The quantitative estimate of drug-likeness (QED) is 0.592. The van der Waals surface area contributed by atoms with E-state index in [-0.39, 0.29) is 0 Å². The van der Waals surface area contributed by atoms with Crippen LogP contribution >= 0.6 is 0 Å². The van der Waals surface area contributed by atoms with Crippen LogP contribution in [-0.4, -0.2) is 0 Å². The number of hydrogen-bond acceptors (Lipinski definition) is 0. The van der Waals surface area contributed by atoms with Crippen molar-refractivity contribution < 1.29 is 0 Å². The lowest BCUT2D eigenvalue weighted by Crippen LogP contribution is -2.18. The van der Waals surface area contributed by atoms with Crippen LogP contribution in [0.1, 0.15) is 41.9 Å². The summed E-state index contributed by atoms with van der Waals surface area (Å²) in [6.45, 7) is 6.12. The molecule has 3 rings (SSSR count). The van der Waals surface area contributed by atoms with E-state index in [2.05, 4.69) is 80.3 Å². The molecule has 0 heterocycles. The first-order valence-electron chi connectivity index (χ1n) is 8.22. The Balaban J connectivity index is 2.03. The maximum absolute atomic E-state index is 3.97. The van der Waals surface area contributed by atoms with E-state index in [1.165, 1.54) is 35.1 Å². The summed E-state index contributed by atoms with van der Waals surface area (Å²) in [5.74, 6) is 1.14. The van der Waals surface area contributed by atoms with Crippen LogP contribution in [0.5, 0.6) is 0 Å². The van der Waals surface area contributed by atoms with Gasteiger partial charge in [0.05, 0.1) is 0 Å². The van der Waals surface area contributed by atoms with Gasteiger partial charge in [0.2, 0.25) is 0 Å². The molecule has 2 aromatic rings. The van der Waals surface area contributed by atoms with Crippen molar-refractivity contribution in [3.8, 4) is 0 Å². The molecular weight excluding hydrogens is 264 g/mol. The van der Waals surface area contributed by atoms with Crippen molar-refractivity contribution in [1.29, 1.82) is 0 Å². The Labute approximate surface area is 134 Å². The van der Waals surface area contributed by atoms with Gasteiger partial charge in [0, 0.05) is 5.92 Å². The van der Waals surface area contributed by atoms with Crippen LogP contribution in [-0.2, 0) is 0 Å². The van der Waals surface area contributed by atoms with Crippen LogP contribution in [0.15, 0.2) is 73.3 Å². The van der Waals surface area contributed by atoms with E-state index in [1.54, 1.807) is 0 Å². The van der Waals surface area contributed by atoms with Gasteiger partial charge >= 0.3 is 0 Å². The second kappa shape index (κ2) is 6.79. The lowest BCUT2D eigenvalue weighted by atomic mass is 9.71. The maximum Gasteiger partial charge on any atom is 0.0123 e. The molecule has 2 atom stereocenters. The van der Waals surface area contributed by atoms with Gasteiger partial charge in [-0.1, -0.05) is 72.3 Å². The van der Waals surface area contributed by atoms with Gasteiger partial charge in [0.1, 0.15) is 0 Å². The SMILES string of the molecule is C=CCC1CCC=C(c2ccc(C)cc2)C1c1ccccc1. The lowest BCUT2D eigenvalue weighted by molar-refractivity contribution is 0.444. The van der Waals surface area contributed by atoms with E-state index in [4.69, 9.17) is 0 Å². The smallest absolute Gasteiger partial charge is 0.0123 e. The normalized spacial score (nSPS) is 21.2. The Morgan fingerprint density at radius 1 is 1.05 bits per heavy atom. The van der Waals surface area contributed by atoms with Gasteiger partial charge in [-0.15, -0.1) is 6.58 Å². The first-order valence-corrected chi connectivity index (χ1v) is 8.22. The van der Waals surface area contributed by atoms with Gasteiger partial charge in [-0.25, -0.2) is 0 Å². The topological polar surface area (TPSA) is 0 Å². The summed E-state index contributed by atoms with van der Waals surface area (Å²) in [6.07, 6.45) is 8.04. The molecule has 0 saturated carbocycles. The van der Waals surface area contributed by atoms with Gasteiger partial charge in [0.25, 0.3) is 0 Å². The van der Waals surface area contributed by atoms with Crippen LogP contribution in [0, 0.1) is 12.8 Å². The van der Waals surface area contributed by atoms with Crippen molar-refractivity contribution >= 4 is 5.57 Å². The molecule has 0 fully saturated rings. The molecule has 0 N–H and O–H groups in total. The molecule has 2 aromatic carbocycles. The number of hydrogen-bond donors (Lipinski definition) is 0. The highest BCUT2D eigenvalue weighted by Crippen LogP contribution is 2.45. The minimum atomic E-state index is 0.482. The Kier molecular flexibility index (Phi) is 4.58. The minimum Gasteiger partial charge on any atom is -0.103 e. The summed E-state index contributed by atoms with van der Waals surface area (Å²) in [7, 11) is 0. The van der Waals surface area contributed by atoms with Crippen LogP contribution in [0.4, 0.5) is 0 Å². The third kappa shape index (κ3) is 3.06. The lowest BCUT2D eigenvalue weighted by Gasteiger charge is -2.33. The van der Waals surface area contributed by atoms with Crippen molar-refractivity contribution in [2.45, 2.75) is 32.1 Å². The Morgan fingerprint density at radius 3 is 2.45 bits per heavy atom. The third-order valence-electron chi connectivity index (χ3n) is 4.72. The van der Waals surface area contributed by atoms with Gasteiger partial charge in [-0.3, -0.25) is 0 Å². The Bertz CT molecular complexity index is 646. The highest BCUT2D eigenvalue weighted by Gasteiger charge is 2.29. The summed E-state index contributed by atoms with van der Waals surface area (Å²) >= 11 is 0. The molecule has 0 nitrogen and oxygen atoms in total. The number of aryl methyl sites for hydroxylation is 1. The first kappa shape index (κ1) is 14.8. The largest absolute Gasteiger partial charge is 0.103 e. The molecular formula is C22H24. The van der Waals surface area contributed by atoms with Crippen molar-refractivity contribution in [1.82, 2.24) is 0 Å². The van der Waals surface area contributed by atoms with Crippen LogP contribution in [0.25, 0.3) is 5.57 Å². The molecule has 0 saturated heterocycles. The summed E-state index contributed by atoms with van der Waals surface area (Å²) in [4.78, 5) is 0. The predicted molar refractivity (Wildman–Crippen MR) is 95.9 cm³/mol. The molecule has 1 aliphatic carbocycles. The monoisotopic (exact) mass is 288 g/mol. The van der Waals surface area contributed by atoms with Gasteiger partial charge in [0.15, 0.2) is 0 Å². The maximum atomic E-state index is 3.97. The summed E-state index contributed by atoms with van der Waals surface area (Å²) < 4.78 is 0.